The molecule has 0 saturated carbocycles. The van der Waals surface area contributed by atoms with Crippen molar-refractivity contribution in [3.8, 4) is 0 Å². The maximum Gasteiger partial charge on any atom is 0.307 e. The van der Waals surface area contributed by atoms with Crippen molar-refractivity contribution >= 4 is 63.0 Å². The van der Waals surface area contributed by atoms with Crippen LogP contribution in [-0.4, -0.2) is 22.9 Å². The van der Waals surface area contributed by atoms with Crippen LogP contribution in [0.3, 0.4) is 0 Å². The van der Waals surface area contributed by atoms with Gasteiger partial charge in [-0.25, -0.2) is 0 Å². The minimum absolute atomic E-state index is 0.271. The van der Waals surface area contributed by atoms with Crippen molar-refractivity contribution in [2.75, 3.05) is 10.6 Å². The monoisotopic (exact) mass is 438 g/mol. The van der Waals surface area contributed by atoms with Crippen LogP contribution in [0.15, 0.2) is 41.8 Å². The zero-order valence-electron chi connectivity index (χ0n) is 14.4. The Kier molecular flexibility index (Phi) is 6.39. The number of hydrogen-bond donors (Lipinski definition) is 3. The van der Waals surface area contributed by atoms with Crippen molar-refractivity contribution in [2.45, 2.75) is 12.8 Å². The molecule has 1 heterocycles. The summed E-state index contributed by atoms with van der Waals surface area (Å²) in [6, 6.07) is 6.24. The lowest BCUT2D eigenvalue weighted by Gasteiger charge is -2.24. The van der Waals surface area contributed by atoms with E-state index in [9.17, 15) is 19.5 Å². The number of carbonyl (C=O) groups excluding carboxylic acids is 2. The van der Waals surface area contributed by atoms with Gasteiger partial charge in [0.25, 0.3) is 5.91 Å². The first-order valence-electron chi connectivity index (χ1n) is 8.38. The largest absolute Gasteiger partial charge is 0.481 e. The second-order valence-corrected chi connectivity index (χ2v) is 8.05. The predicted molar refractivity (Wildman–Crippen MR) is 110 cm³/mol. The van der Waals surface area contributed by atoms with Gasteiger partial charge in [-0.05, 0) is 42.5 Å². The van der Waals surface area contributed by atoms with E-state index in [1.165, 1.54) is 11.3 Å². The van der Waals surface area contributed by atoms with Gasteiger partial charge in [0.05, 0.1) is 17.4 Å². The number of carboxylic acids is 1. The molecular formula is C19H16Cl2N2O4S. The number of nitrogens with one attached hydrogen (secondary N) is 2. The minimum Gasteiger partial charge on any atom is -0.481 e. The van der Waals surface area contributed by atoms with Crippen molar-refractivity contribution in [3.63, 3.8) is 0 Å². The smallest absolute Gasteiger partial charge is 0.307 e. The molecule has 1 aliphatic carbocycles. The van der Waals surface area contributed by atoms with E-state index in [0.29, 0.717) is 33.6 Å². The van der Waals surface area contributed by atoms with Crippen molar-refractivity contribution in [1.82, 2.24) is 0 Å². The van der Waals surface area contributed by atoms with Crippen LogP contribution < -0.4 is 10.6 Å². The van der Waals surface area contributed by atoms with Crippen molar-refractivity contribution in [1.29, 1.82) is 0 Å². The summed E-state index contributed by atoms with van der Waals surface area (Å²) in [4.78, 5) is 36.6. The number of rotatable bonds is 5. The number of carbonyl (C=O) groups is 3. The molecule has 6 nitrogen and oxygen atoms in total. The topological polar surface area (TPSA) is 95.5 Å². The maximum atomic E-state index is 12.6. The number of halogens is 2. The summed E-state index contributed by atoms with van der Waals surface area (Å²) in [5.74, 6) is -3.33. The summed E-state index contributed by atoms with van der Waals surface area (Å²) < 4.78 is 0. The van der Waals surface area contributed by atoms with Gasteiger partial charge in [0.2, 0.25) is 5.91 Å². The van der Waals surface area contributed by atoms with E-state index >= 15 is 0 Å². The molecule has 0 unspecified atom stereocenters. The highest BCUT2D eigenvalue weighted by Crippen LogP contribution is 2.30. The standard InChI is InChI=1S/C19H16Cl2N2O4S/c20-10-7-11(21)9-12(8-10)22-17(25)15-5-6-28-18(15)23-16(24)13-3-1-2-4-14(13)19(26)27/h1-2,5-9,13-14H,3-4H2,(H,22,25)(H,23,24)(H,26,27)/t13-,14-/m0/s1. The lowest BCUT2D eigenvalue weighted by atomic mass is 9.82. The fourth-order valence-electron chi connectivity index (χ4n) is 2.99. The van der Waals surface area contributed by atoms with Gasteiger partial charge in [-0.2, -0.15) is 0 Å². The molecule has 1 aromatic heterocycles. The lowest BCUT2D eigenvalue weighted by molar-refractivity contribution is -0.146. The van der Waals surface area contributed by atoms with E-state index in [0.717, 1.165) is 0 Å². The van der Waals surface area contributed by atoms with Gasteiger partial charge in [-0.15, -0.1) is 11.3 Å². The van der Waals surface area contributed by atoms with Gasteiger partial charge in [-0.1, -0.05) is 35.4 Å². The van der Waals surface area contributed by atoms with Gasteiger partial charge in [0, 0.05) is 15.7 Å². The van der Waals surface area contributed by atoms with Crippen molar-refractivity contribution in [3.05, 3.63) is 57.4 Å². The van der Waals surface area contributed by atoms with Gasteiger partial charge in [-0.3, -0.25) is 14.4 Å². The number of aliphatic carboxylic acids is 1. The van der Waals surface area contributed by atoms with Crippen LogP contribution in [0.4, 0.5) is 10.7 Å². The maximum absolute atomic E-state index is 12.6. The molecule has 3 rings (SSSR count). The van der Waals surface area contributed by atoms with Crippen LogP contribution in [0, 0.1) is 11.8 Å². The molecule has 146 valence electrons. The molecule has 0 saturated heterocycles. The molecule has 1 aliphatic rings. The van der Waals surface area contributed by atoms with Gasteiger partial charge >= 0.3 is 5.97 Å². The number of hydrogen-bond acceptors (Lipinski definition) is 4. The Morgan fingerprint density at radius 2 is 1.64 bits per heavy atom. The van der Waals surface area contributed by atoms with Crippen molar-refractivity contribution < 1.29 is 19.5 Å². The highest BCUT2D eigenvalue weighted by atomic mass is 35.5. The number of anilines is 2. The van der Waals surface area contributed by atoms with E-state index in [1.54, 1.807) is 41.8 Å². The number of amides is 2. The average Bonchev–Trinajstić information content (AvgIpc) is 3.09. The van der Waals surface area contributed by atoms with Crippen LogP contribution in [0.2, 0.25) is 10.0 Å². The Balaban J connectivity index is 1.74. The molecule has 0 radical (unpaired) electrons. The van der Waals surface area contributed by atoms with E-state index in [-0.39, 0.29) is 5.56 Å². The Hall–Kier alpha value is -2.35. The minimum atomic E-state index is -1.01. The summed E-state index contributed by atoms with van der Waals surface area (Å²) in [6.45, 7) is 0. The third-order valence-corrected chi connectivity index (χ3v) is 5.62. The highest BCUT2D eigenvalue weighted by Gasteiger charge is 2.34. The zero-order valence-corrected chi connectivity index (χ0v) is 16.8. The Bertz CT molecular complexity index is 937. The molecule has 0 bridgehead atoms. The summed E-state index contributed by atoms with van der Waals surface area (Å²) in [7, 11) is 0. The summed E-state index contributed by atoms with van der Waals surface area (Å²) in [5.41, 5.74) is 0.696. The number of allylic oxidation sites excluding steroid dienone is 2. The second-order valence-electron chi connectivity index (χ2n) is 6.26. The fourth-order valence-corrected chi connectivity index (χ4v) is 4.30. The molecule has 9 heteroatoms. The third-order valence-electron chi connectivity index (χ3n) is 4.35. The van der Waals surface area contributed by atoms with Crippen LogP contribution in [-0.2, 0) is 9.59 Å². The number of carboxylic acid groups (broad SMARTS) is 1. The molecule has 0 spiro atoms. The summed E-state index contributed by atoms with van der Waals surface area (Å²) >= 11 is 13.1. The summed E-state index contributed by atoms with van der Waals surface area (Å²) in [5, 5.41) is 17.5. The average molecular weight is 439 g/mol. The van der Waals surface area contributed by atoms with Gasteiger partial charge < -0.3 is 15.7 Å². The highest BCUT2D eigenvalue weighted by molar-refractivity contribution is 7.14. The second kappa shape index (κ2) is 8.77. The van der Waals surface area contributed by atoms with Gasteiger partial charge in [0.15, 0.2) is 0 Å². The molecule has 2 amide bonds. The number of thiophene rings is 1. The number of benzene rings is 1. The first kappa shape index (κ1) is 20.4. The molecule has 2 aromatic rings. The molecule has 0 fully saturated rings. The zero-order chi connectivity index (χ0) is 20.3. The molecule has 1 aromatic carbocycles. The van der Waals surface area contributed by atoms with E-state index in [2.05, 4.69) is 10.6 Å². The van der Waals surface area contributed by atoms with Crippen molar-refractivity contribution in [2.24, 2.45) is 11.8 Å². The lowest BCUT2D eigenvalue weighted by Crippen LogP contribution is -2.34. The quantitative estimate of drug-likeness (QED) is 0.577. The normalized spacial score (nSPS) is 18.5. The fraction of sp³-hybridized carbons (Fsp3) is 0.211. The Morgan fingerprint density at radius 1 is 1.00 bits per heavy atom. The Labute approximate surface area is 175 Å². The van der Waals surface area contributed by atoms with Crippen LogP contribution in [0.5, 0.6) is 0 Å². The van der Waals surface area contributed by atoms with E-state index in [1.807, 2.05) is 0 Å². The van der Waals surface area contributed by atoms with Crippen LogP contribution in [0.25, 0.3) is 0 Å². The Morgan fingerprint density at radius 3 is 2.29 bits per heavy atom. The predicted octanol–water partition coefficient (Wildman–Crippen LogP) is 4.91. The molecular weight excluding hydrogens is 423 g/mol. The molecule has 28 heavy (non-hydrogen) atoms. The third kappa shape index (κ3) is 4.73. The van der Waals surface area contributed by atoms with Crippen LogP contribution >= 0.6 is 34.5 Å². The first-order chi connectivity index (χ1) is 13.3. The van der Waals surface area contributed by atoms with E-state index < -0.39 is 29.6 Å². The molecule has 0 aliphatic heterocycles. The van der Waals surface area contributed by atoms with E-state index in [4.69, 9.17) is 23.2 Å². The molecule has 2 atom stereocenters. The first-order valence-corrected chi connectivity index (χ1v) is 10.0. The van der Waals surface area contributed by atoms with Gasteiger partial charge in [0.1, 0.15) is 5.00 Å². The SMILES string of the molecule is O=C(Nc1cc(Cl)cc(Cl)c1)c1ccsc1NC(=O)[C@H]1CC=CC[C@@H]1C(=O)O. The van der Waals surface area contributed by atoms with Crippen LogP contribution in [0.1, 0.15) is 23.2 Å². The molecule has 3 N–H and O–H groups in total. The summed E-state index contributed by atoms with van der Waals surface area (Å²) in [6.07, 6.45) is 4.22.